The number of amides is 1. The Morgan fingerprint density at radius 3 is 2.54 bits per heavy atom. The van der Waals surface area contributed by atoms with Crippen LogP contribution in [0.2, 0.25) is 0 Å². The van der Waals surface area contributed by atoms with Crippen molar-refractivity contribution >= 4 is 17.7 Å². The maximum Gasteiger partial charge on any atom is 0.239 e. The number of thioether (sulfide) groups is 1. The van der Waals surface area contributed by atoms with E-state index in [0.717, 1.165) is 5.75 Å². The second-order valence-corrected chi connectivity index (χ2v) is 4.18. The molecular weight excluding hydrogens is 184 g/mol. The minimum Gasteiger partial charge on any atom is -0.341 e. The number of carbonyl (C=O) groups is 1. The van der Waals surface area contributed by atoms with Gasteiger partial charge in [0, 0.05) is 18.8 Å². The number of hydrogen-bond donors (Lipinski definition) is 1. The summed E-state index contributed by atoms with van der Waals surface area (Å²) in [6.45, 7) is 3.96. The molecule has 13 heavy (non-hydrogen) atoms. The van der Waals surface area contributed by atoms with Gasteiger partial charge >= 0.3 is 0 Å². The largest absolute Gasteiger partial charge is 0.341 e. The molecule has 0 saturated carbocycles. The normalized spacial score (nSPS) is 15.2. The second kappa shape index (κ2) is 6.27. The third kappa shape index (κ3) is 4.00. The molecule has 1 amide bonds. The molecule has 0 aromatic heterocycles. The van der Waals surface area contributed by atoms with Crippen molar-refractivity contribution in [2.75, 3.05) is 19.1 Å². The summed E-state index contributed by atoms with van der Waals surface area (Å²) in [5, 5.41) is 0. The van der Waals surface area contributed by atoms with Crippen molar-refractivity contribution < 1.29 is 4.79 Å². The van der Waals surface area contributed by atoms with Crippen molar-refractivity contribution in [1.29, 1.82) is 0 Å². The van der Waals surface area contributed by atoms with E-state index in [-0.39, 0.29) is 18.0 Å². The quantitative estimate of drug-likeness (QED) is 0.725. The summed E-state index contributed by atoms with van der Waals surface area (Å²) in [4.78, 5) is 13.3. The van der Waals surface area contributed by atoms with E-state index < -0.39 is 0 Å². The molecule has 1 unspecified atom stereocenters. The molecule has 2 N–H and O–H groups in total. The van der Waals surface area contributed by atoms with Gasteiger partial charge in [-0.25, -0.2) is 0 Å². The Morgan fingerprint density at radius 1 is 1.62 bits per heavy atom. The lowest BCUT2D eigenvalue weighted by molar-refractivity contribution is -0.132. The first kappa shape index (κ1) is 12.8. The second-order valence-electron chi connectivity index (χ2n) is 3.27. The van der Waals surface area contributed by atoms with Gasteiger partial charge in [0.15, 0.2) is 0 Å². The molecule has 2 atom stereocenters. The van der Waals surface area contributed by atoms with Crippen molar-refractivity contribution in [2.45, 2.75) is 32.4 Å². The predicted octanol–water partition coefficient (Wildman–Crippen LogP) is 0.934. The maximum absolute atomic E-state index is 11.6. The maximum atomic E-state index is 11.6. The first-order chi connectivity index (χ1) is 6.04. The lowest BCUT2D eigenvalue weighted by atomic mass is 10.2. The molecule has 0 fully saturated rings. The average Bonchev–Trinajstić information content (AvgIpc) is 2.14. The molecule has 0 spiro atoms. The molecule has 0 aliphatic heterocycles. The summed E-state index contributed by atoms with van der Waals surface area (Å²) in [6.07, 6.45) is 2.74. The van der Waals surface area contributed by atoms with Crippen molar-refractivity contribution in [3.8, 4) is 0 Å². The van der Waals surface area contributed by atoms with Crippen LogP contribution in [-0.2, 0) is 4.79 Å². The molecule has 0 radical (unpaired) electrons. The topological polar surface area (TPSA) is 46.3 Å². The highest BCUT2D eigenvalue weighted by Gasteiger charge is 2.19. The first-order valence-corrected chi connectivity index (χ1v) is 5.95. The molecule has 0 aromatic rings. The Morgan fingerprint density at radius 2 is 2.15 bits per heavy atom. The SMILES string of the molecule is CC[C@@H](N)C(=O)N(C)C(C)CSC. The highest BCUT2D eigenvalue weighted by Crippen LogP contribution is 2.05. The van der Waals surface area contributed by atoms with Crippen molar-refractivity contribution in [2.24, 2.45) is 5.73 Å². The summed E-state index contributed by atoms with van der Waals surface area (Å²) in [5.41, 5.74) is 5.65. The lowest BCUT2D eigenvalue weighted by Crippen LogP contribution is -2.46. The fourth-order valence-corrected chi connectivity index (χ4v) is 1.71. The van der Waals surface area contributed by atoms with Crippen LogP contribution in [0.4, 0.5) is 0 Å². The van der Waals surface area contributed by atoms with Gasteiger partial charge in [0.05, 0.1) is 6.04 Å². The van der Waals surface area contributed by atoms with Gasteiger partial charge in [-0.15, -0.1) is 0 Å². The van der Waals surface area contributed by atoms with E-state index in [4.69, 9.17) is 5.73 Å². The van der Waals surface area contributed by atoms with Crippen LogP contribution >= 0.6 is 11.8 Å². The summed E-state index contributed by atoms with van der Waals surface area (Å²) in [6, 6.07) is -0.0746. The number of carbonyl (C=O) groups excluding carboxylic acids is 1. The summed E-state index contributed by atoms with van der Waals surface area (Å²) >= 11 is 1.74. The van der Waals surface area contributed by atoms with E-state index in [1.807, 2.05) is 27.2 Å². The van der Waals surface area contributed by atoms with Crippen molar-refractivity contribution in [3.05, 3.63) is 0 Å². The molecule has 0 saturated heterocycles. The number of nitrogens with two attached hydrogens (primary N) is 1. The fraction of sp³-hybridized carbons (Fsp3) is 0.889. The highest BCUT2D eigenvalue weighted by atomic mass is 32.2. The third-order valence-electron chi connectivity index (χ3n) is 2.17. The van der Waals surface area contributed by atoms with Crippen molar-refractivity contribution in [1.82, 2.24) is 4.90 Å². The minimum atomic E-state index is -0.339. The third-order valence-corrected chi connectivity index (χ3v) is 2.99. The first-order valence-electron chi connectivity index (χ1n) is 4.55. The Balaban J connectivity index is 4.08. The van der Waals surface area contributed by atoms with Crippen LogP contribution in [-0.4, -0.2) is 41.9 Å². The molecule has 0 aromatic carbocycles. The van der Waals surface area contributed by atoms with Gasteiger partial charge < -0.3 is 10.6 Å². The van der Waals surface area contributed by atoms with Gasteiger partial charge in [0.25, 0.3) is 0 Å². The zero-order chi connectivity index (χ0) is 10.4. The molecular formula is C9H20N2OS. The highest BCUT2D eigenvalue weighted by molar-refractivity contribution is 7.98. The Labute approximate surface area is 85.0 Å². The molecule has 0 bridgehead atoms. The summed E-state index contributed by atoms with van der Waals surface area (Å²) < 4.78 is 0. The van der Waals surface area contributed by atoms with E-state index in [1.54, 1.807) is 16.7 Å². The Kier molecular flexibility index (Phi) is 6.16. The van der Waals surface area contributed by atoms with Gasteiger partial charge in [-0.1, -0.05) is 6.92 Å². The summed E-state index contributed by atoms with van der Waals surface area (Å²) in [5.74, 6) is 1.00. The fourth-order valence-electron chi connectivity index (χ4n) is 1.01. The van der Waals surface area contributed by atoms with Gasteiger partial charge in [0.2, 0.25) is 5.91 Å². The number of likely N-dealkylation sites (N-methyl/N-ethyl adjacent to an activating group) is 1. The minimum absolute atomic E-state index is 0.0454. The van der Waals surface area contributed by atoms with Crippen LogP contribution in [0.5, 0.6) is 0 Å². The monoisotopic (exact) mass is 204 g/mol. The van der Waals surface area contributed by atoms with Gasteiger partial charge in [-0.3, -0.25) is 4.79 Å². The van der Waals surface area contributed by atoms with Crippen LogP contribution in [0.15, 0.2) is 0 Å². The number of nitrogens with zero attached hydrogens (tertiary/aromatic N) is 1. The van der Waals surface area contributed by atoms with Gasteiger partial charge in [0.1, 0.15) is 0 Å². The smallest absolute Gasteiger partial charge is 0.239 e. The van der Waals surface area contributed by atoms with E-state index in [2.05, 4.69) is 0 Å². The van der Waals surface area contributed by atoms with E-state index in [1.165, 1.54) is 0 Å². The zero-order valence-corrected chi connectivity index (χ0v) is 9.73. The molecule has 0 heterocycles. The molecule has 78 valence electrons. The Bertz CT molecular complexity index is 164. The number of rotatable bonds is 5. The molecule has 0 aliphatic carbocycles. The van der Waals surface area contributed by atoms with Crippen LogP contribution in [0.1, 0.15) is 20.3 Å². The average molecular weight is 204 g/mol. The lowest BCUT2D eigenvalue weighted by Gasteiger charge is -2.26. The molecule has 0 aliphatic rings. The summed E-state index contributed by atoms with van der Waals surface area (Å²) in [7, 11) is 1.82. The van der Waals surface area contributed by atoms with E-state index >= 15 is 0 Å². The zero-order valence-electron chi connectivity index (χ0n) is 8.91. The molecule has 0 rings (SSSR count). The number of hydrogen-bond acceptors (Lipinski definition) is 3. The van der Waals surface area contributed by atoms with Crippen LogP contribution in [0.25, 0.3) is 0 Å². The van der Waals surface area contributed by atoms with Crippen LogP contribution in [0.3, 0.4) is 0 Å². The van der Waals surface area contributed by atoms with E-state index in [9.17, 15) is 4.79 Å². The van der Waals surface area contributed by atoms with Gasteiger partial charge in [-0.2, -0.15) is 11.8 Å². The standard InChI is InChI=1S/C9H20N2OS/c1-5-8(10)9(12)11(3)7(2)6-13-4/h7-8H,5-6,10H2,1-4H3/t7?,8-/m1/s1. The van der Waals surface area contributed by atoms with E-state index in [0.29, 0.717) is 6.42 Å². The van der Waals surface area contributed by atoms with Crippen molar-refractivity contribution in [3.63, 3.8) is 0 Å². The predicted molar refractivity (Wildman–Crippen MR) is 58.9 cm³/mol. The van der Waals surface area contributed by atoms with Crippen LogP contribution < -0.4 is 5.73 Å². The van der Waals surface area contributed by atoms with Crippen LogP contribution in [0, 0.1) is 0 Å². The molecule has 3 nitrogen and oxygen atoms in total. The van der Waals surface area contributed by atoms with Gasteiger partial charge in [-0.05, 0) is 19.6 Å². The Hall–Kier alpha value is -0.220. The molecule has 4 heteroatoms.